The Balaban J connectivity index is 1.07. The molecule has 13 heteroatoms. The summed E-state index contributed by atoms with van der Waals surface area (Å²) in [6.07, 6.45) is 1.63. The third-order valence-electron chi connectivity index (χ3n) is 7.87. The van der Waals surface area contributed by atoms with Gasteiger partial charge in [0, 0.05) is 36.5 Å². The minimum atomic E-state index is -1.07. The number of carbonyl (C=O) groups excluding carboxylic acids is 5. The summed E-state index contributed by atoms with van der Waals surface area (Å²) in [5.74, 6) is -2.05. The van der Waals surface area contributed by atoms with Crippen molar-refractivity contribution in [1.29, 1.82) is 0 Å². The van der Waals surface area contributed by atoms with Crippen LogP contribution < -0.4 is 15.5 Å². The van der Waals surface area contributed by atoms with Gasteiger partial charge in [-0.3, -0.25) is 34.2 Å². The first-order valence-corrected chi connectivity index (χ1v) is 13.8. The average molecular weight is 580 g/mol. The smallest absolute Gasteiger partial charge is 0.262 e. The number of carbonyl (C=O) groups is 5. The molecule has 3 aliphatic heterocycles. The molecule has 3 N–H and O–H groups in total. The van der Waals surface area contributed by atoms with Gasteiger partial charge in [0.25, 0.3) is 17.7 Å². The number of ether oxygens (including phenoxy) is 1. The van der Waals surface area contributed by atoms with Gasteiger partial charge >= 0.3 is 0 Å². The van der Waals surface area contributed by atoms with Gasteiger partial charge in [0.15, 0.2) is 0 Å². The molecule has 5 amide bonds. The van der Waals surface area contributed by atoms with E-state index in [0.29, 0.717) is 18.9 Å². The fourth-order valence-electron chi connectivity index (χ4n) is 5.66. The van der Waals surface area contributed by atoms with Crippen molar-refractivity contribution in [3.63, 3.8) is 0 Å². The second-order valence-corrected chi connectivity index (χ2v) is 10.5. The van der Waals surface area contributed by atoms with Crippen LogP contribution in [0.4, 0.5) is 11.5 Å². The number of imide groups is 2. The number of morpholine rings is 1. The number of anilines is 2. The van der Waals surface area contributed by atoms with Crippen LogP contribution in [-0.2, 0) is 14.3 Å². The molecule has 2 fully saturated rings. The second-order valence-electron chi connectivity index (χ2n) is 10.5. The summed E-state index contributed by atoms with van der Waals surface area (Å²) >= 11 is 0. The molecule has 7 rings (SSSR count). The molecule has 2 saturated heterocycles. The molecule has 216 valence electrons. The van der Waals surface area contributed by atoms with Gasteiger partial charge in [0.05, 0.1) is 29.7 Å². The Morgan fingerprint density at radius 1 is 0.930 bits per heavy atom. The third-order valence-corrected chi connectivity index (χ3v) is 7.87. The van der Waals surface area contributed by atoms with Gasteiger partial charge in [-0.1, -0.05) is 12.1 Å². The monoisotopic (exact) mass is 579 g/mol. The number of piperidine rings is 1. The molecule has 1 atom stereocenters. The van der Waals surface area contributed by atoms with E-state index >= 15 is 0 Å². The number of aromatic amines is 1. The highest BCUT2D eigenvalue weighted by atomic mass is 16.5. The zero-order valence-corrected chi connectivity index (χ0v) is 22.8. The maximum Gasteiger partial charge on any atom is 0.262 e. The van der Waals surface area contributed by atoms with Crippen molar-refractivity contribution >= 4 is 52.1 Å². The average Bonchev–Trinajstić information content (AvgIpc) is 3.57. The summed E-state index contributed by atoms with van der Waals surface area (Å²) in [6.45, 7) is 2.81. The lowest BCUT2D eigenvalue weighted by atomic mass is 10.0. The predicted molar refractivity (Wildman–Crippen MR) is 153 cm³/mol. The number of fused-ring (bicyclic) bond motifs is 2. The van der Waals surface area contributed by atoms with Crippen molar-refractivity contribution in [2.45, 2.75) is 18.9 Å². The number of benzene rings is 2. The first-order chi connectivity index (χ1) is 20.9. The Morgan fingerprint density at radius 3 is 2.47 bits per heavy atom. The molecule has 0 radical (unpaired) electrons. The van der Waals surface area contributed by atoms with E-state index in [4.69, 9.17) is 4.74 Å². The highest BCUT2D eigenvalue weighted by molar-refractivity contribution is 6.24. The van der Waals surface area contributed by atoms with Crippen molar-refractivity contribution in [2.24, 2.45) is 0 Å². The minimum Gasteiger partial charge on any atom is -0.378 e. The second kappa shape index (κ2) is 10.4. The van der Waals surface area contributed by atoms with E-state index < -0.39 is 35.6 Å². The molecule has 5 heterocycles. The van der Waals surface area contributed by atoms with E-state index in [1.165, 1.54) is 18.2 Å². The molecular formula is C30H25N7O6. The van der Waals surface area contributed by atoms with Gasteiger partial charge < -0.3 is 19.9 Å². The molecule has 4 aromatic rings. The van der Waals surface area contributed by atoms with Gasteiger partial charge in [-0.25, -0.2) is 9.97 Å². The first kappa shape index (κ1) is 26.5. The number of hydrogen-bond donors (Lipinski definition) is 3. The molecule has 13 nitrogen and oxygen atoms in total. The van der Waals surface area contributed by atoms with Gasteiger partial charge in [-0.15, -0.1) is 0 Å². The van der Waals surface area contributed by atoms with E-state index in [-0.39, 0.29) is 29.5 Å². The van der Waals surface area contributed by atoms with Crippen LogP contribution >= 0.6 is 0 Å². The lowest BCUT2D eigenvalue weighted by molar-refractivity contribution is -0.136. The predicted octanol–water partition coefficient (Wildman–Crippen LogP) is 2.11. The van der Waals surface area contributed by atoms with E-state index in [2.05, 4.69) is 30.5 Å². The number of nitrogens with zero attached hydrogens (tertiary/aromatic N) is 4. The normalized spacial score (nSPS) is 18.7. The Labute approximate surface area is 244 Å². The summed E-state index contributed by atoms with van der Waals surface area (Å²) in [5, 5.41) is 5.90. The summed E-state index contributed by atoms with van der Waals surface area (Å²) in [4.78, 5) is 78.2. The van der Waals surface area contributed by atoms with Crippen LogP contribution in [0.15, 0.2) is 54.9 Å². The standard InChI is InChI=1S/C30H25N7O6/c38-24-8-7-23(28(40)35-24)37-29(41)19-6-3-17(13-20(19)30(37)42)27(39)33-18-4-1-16(2-5-18)22-14-21-25(34-22)31-15-32-26(21)36-9-11-43-12-10-36/h1-6,13-15,23H,7-12H2,(H,33,39)(H,31,32,34)(H,35,38,40). The summed E-state index contributed by atoms with van der Waals surface area (Å²) in [6, 6.07) is 12.4. The number of amides is 5. The summed E-state index contributed by atoms with van der Waals surface area (Å²) in [5.41, 5.74) is 3.33. The first-order valence-electron chi connectivity index (χ1n) is 13.8. The van der Waals surface area contributed by atoms with Gasteiger partial charge in [-0.05, 0) is 48.4 Å². The lowest BCUT2D eigenvalue weighted by Gasteiger charge is -2.27. The van der Waals surface area contributed by atoms with Crippen LogP contribution in [0.5, 0.6) is 0 Å². The van der Waals surface area contributed by atoms with Crippen molar-refractivity contribution < 1.29 is 28.7 Å². The Morgan fingerprint density at radius 2 is 1.70 bits per heavy atom. The molecule has 2 aromatic carbocycles. The third kappa shape index (κ3) is 4.69. The largest absolute Gasteiger partial charge is 0.378 e. The molecule has 43 heavy (non-hydrogen) atoms. The summed E-state index contributed by atoms with van der Waals surface area (Å²) < 4.78 is 5.46. The van der Waals surface area contributed by atoms with Gasteiger partial charge in [0.2, 0.25) is 11.8 Å². The molecule has 0 aliphatic carbocycles. The number of rotatable bonds is 5. The van der Waals surface area contributed by atoms with Crippen molar-refractivity contribution in [3.05, 3.63) is 71.5 Å². The molecule has 1 unspecified atom stereocenters. The number of H-pyrrole nitrogens is 1. The van der Waals surface area contributed by atoms with Crippen LogP contribution in [0.3, 0.4) is 0 Å². The Bertz CT molecular complexity index is 1830. The Hall–Kier alpha value is -5.43. The zero-order valence-electron chi connectivity index (χ0n) is 22.8. The van der Waals surface area contributed by atoms with E-state index in [9.17, 15) is 24.0 Å². The molecule has 0 spiro atoms. The van der Waals surface area contributed by atoms with Crippen LogP contribution in [0, 0.1) is 0 Å². The number of aromatic nitrogens is 3. The molecule has 3 aliphatic rings. The SMILES string of the molecule is O=C1CCC(N2C(=O)c3ccc(C(=O)Nc4ccc(-c5cc6c(N7CCOCC7)ncnc6[nH]5)cc4)cc3C2=O)C(=O)N1. The van der Waals surface area contributed by atoms with Crippen LogP contribution in [0.1, 0.15) is 43.9 Å². The van der Waals surface area contributed by atoms with Crippen LogP contribution in [0.25, 0.3) is 22.3 Å². The van der Waals surface area contributed by atoms with Crippen molar-refractivity contribution in [2.75, 3.05) is 36.5 Å². The zero-order chi connectivity index (χ0) is 29.7. The molecule has 0 bridgehead atoms. The Kier molecular flexibility index (Phi) is 6.43. The fraction of sp³-hybridized carbons (Fsp3) is 0.233. The molecule has 2 aromatic heterocycles. The van der Waals surface area contributed by atoms with E-state index in [0.717, 1.165) is 46.1 Å². The minimum absolute atomic E-state index is 0.0279. The fourth-order valence-corrected chi connectivity index (χ4v) is 5.66. The van der Waals surface area contributed by atoms with Crippen LogP contribution in [0.2, 0.25) is 0 Å². The van der Waals surface area contributed by atoms with E-state index in [1.807, 2.05) is 18.2 Å². The maximum atomic E-state index is 13.1. The van der Waals surface area contributed by atoms with Crippen molar-refractivity contribution in [1.82, 2.24) is 25.2 Å². The lowest BCUT2D eigenvalue weighted by Crippen LogP contribution is -2.54. The number of hydrogen-bond acceptors (Lipinski definition) is 9. The van der Waals surface area contributed by atoms with Gasteiger partial charge in [0.1, 0.15) is 23.8 Å². The van der Waals surface area contributed by atoms with Crippen molar-refractivity contribution in [3.8, 4) is 11.3 Å². The topological polar surface area (TPSA) is 167 Å². The van der Waals surface area contributed by atoms with Crippen LogP contribution in [-0.4, -0.2) is 81.7 Å². The number of nitrogens with one attached hydrogen (secondary N) is 3. The van der Waals surface area contributed by atoms with Gasteiger partial charge in [-0.2, -0.15) is 0 Å². The maximum absolute atomic E-state index is 13.1. The summed E-state index contributed by atoms with van der Waals surface area (Å²) in [7, 11) is 0. The highest BCUT2D eigenvalue weighted by Crippen LogP contribution is 2.31. The quantitative estimate of drug-likeness (QED) is 0.300. The van der Waals surface area contributed by atoms with E-state index in [1.54, 1.807) is 18.5 Å². The molecule has 0 saturated carbocycles. The molecular weight excluding hydrogens is 554 g/mol. The highest BCUT2D eigenvalue weighted by Gasteiger charge is 2.44.